The highest BCUT2D eigenvalue weighted by atomic mass is 35.5. The second-order valence-electron chi connectivity index (χ2n) is 11.6. The Bertz CT molecular complexity index is 2240. The fourth-order valence-corrected chi connectivity index (χ4v) is 7.59. The molecule has 1 aliphatic heterocycles. The first kappa shape index (κ1) is 25.9. The Labute approximate surface area is 267 Å². The van der Waals surface area contributed by atoms with Crippen molar-refractivity contribution in [2.75, 3.05) is 0 Å². The SMILES string of the molecule is ClC1=NC(c2ccc(-c3ccccc3)cc2)=C=CC(c2ccc3c(c2)C2(c4ccccc4-c4ccccc42)c2ccccc2-3)=N1. The van der Waals surface area contributed by atoms with E-state index in [1.807, 2.05) is 24.3 Å². The largest absolute Gasteiger partial charge is 0.224 e. The van der Waals surface area contributed by atoms with Crippen molar-refractivity contribution in [2.24, 2.45) is 9.98 Å². The Morgan fingerprint density at radius 2 is 0.933 bits per heavy atom. The predicted octanol–water partition coefficient (Wildman–Crippen LogP) is 10.3. The Balaban J connectivity index is 1.18. The van der Waals surface area contributed by atoms with Crippen LogP contribution in [0.25, 0.3) is 39.1 Å². The summed E-state index contributed by atoms with van der Waals surface area (Å²) in [7, 11) is 0. The Kier molecular flexibility index (Phi) is 5.76. The first-order valence-corrected chi connectivity index (χ1v) is 15.5. The van der Waals surface area contributed by atoms with E-state index in [2.05, 4.69) is 138 Å². The lowest BCUT2D eigenvalue weighted by atomic mass is 9.70. The van der Waals surface area contributed by atoms with Crippen LogP contribution in [-0.2, 0) is 5.41 Å². The van der Waals surface area contributed by atoms with Crippen LogP contribution in [0.5, 0.6) is 0 Å². The lowest BCUT2D eigenvalue weighted by Crippen LogP contribution is -2.26. The van der Waals surface area contributed by atoms with Crippen molar-refractivity contribution in [3.05, 3.63) is 191 Å². The maximum atomic E-state index is 6.66. The van der Waals surface area contributed by atoms with Gasteiger partial charge in [0.05, 0.1) is 11.1 Å². The second-order valence-corrected chi connectivity index (χ2v) is 11.9. The molecule has 3 aliphatic rings. The van der Waals surface area contributed by atoms with Gasteiger partial charge in [-0.1, -0.05) is 145 Å². The van der Waals surface area contributed by atoms with Gasteiger partial charge in [0.2, 0.25) is 5.29 Å². The number of halogens is 1. The van der Waals surface area contributed by atoms with Crippen molar-refractivity contribution in [2.45, 2.75) is 5.41 Å². The monoisotopic (exact) mass is 592 g/mol. The summed E-state index contributed by atoms with van der Waals surface area (Å²) >= 11 is 6.66. The summed E-state index contributed by atoms with van der Waals surface area (Å²) in [6.45, 7) is 0. The minimum atomic E-state index is -0.413. The molecule has 45 heavy (non-hydrogen) atoms. The zero-order valence-corrected chi connectivity index (χ0v) is 25.0. The summed E-state index contributed by atoms with van der Waals surface area (Å²) in [5.74, 6) is 0. The normalized spacial score (nSPS) is 14.9. The molecule has 0 N–H and O–H groups in total. The molecule has 0 saturated heterocycles. The maximum absolute atomic E-state index is 6.66. The minimum absolute atomic E-state index is 0.184. The zero-order chi connectivity index (χ0) is 30.0. The number of benzene rings is 6. The van der Waals surface area contributed by atoms with Gasteiger partial charge in [0.1, 0.15) is 5.70 Å². The molecule has 6 aromatic carbocycles. The van der Waals surface area contributed by atoms with Crippen LogP contribution in [0.2, 0.25) is 0 Å². The fraction of sp³-hybridized carbons (Fsp3) is 0.0238. The highest BCUT2D eigenvalue weighted by Crippen LogP contribution is 2.62. The van der Waals surface area contributed by atoms with Crippen LogP contribution < -0.4 is 0 Å². The van der Waals surface area contributed by atoms with Gasteiger partial charge in [0, 0.05) is 17.2 Å². The summed E-state index contributed by atoms with van der Waals surface area (Å²) in [5, 5.41) is 0.184. The van der Waals surface area contributed by atoms with Crippen LogP contribution in [0.4, 0.5) is 0 Å². The molecule has 2 nitrogen and oxygen atoms in total. The van der Waals surface area contributed by atoms with E-state index in [0.717, 1.165) is 22.4 Å². The Hall–Kier alpha value is -5.53. The van der Waals surface area contributed by atoms with E-state index in [-0.39, 0.29) is 5.29 Å². The van der Waals surface area contributed by atoms with E-state index in [9.17, 15) is 0 Å². The molecule has 0 bridgehead atoms. The van der Waals surface area contributed by atoms with Gasteiger partial charge in [-0.05, 0) is 73.3 Å². The molecule has 3 heteroatoms. The first-order chi connectivity index (χ1) is 22.2. The van der Waals surface area contributed by atoms with E-state index in [4.69, 9.17) is 16.6 Å². The topological polar surface area (TPSA) is 24.7 Å². The van der Waals surface area contributed by atoms with E-state index < -0.39 is 5.41 Å². The van der Waals surface area contributed by atoms with Crippen LogP contribution in [0.3, 0.4) is 0 Å². The number of hydrogen-bond donors (Lipinski definition) is 0. The molecule has 0 amide bonds. The van der Waals surface area contributed by atoms with Crippen molar-refractivity contribution in [1.29, 1.82) is 0 Å². The molecule has 0 radical (unpaired) electrons. The van der Waals surface area contributed by atoms with E-state index >= 15 is 0 Å². The second kappa shape index (κ2) is 10.0. The van der Waals surface area contributed by atoms with Gasteiger partial charge in [-0.15, -0.1) is 0 Å². The van der Waals surface area contributed by atoms with Crippen LogP contribution >= 0.6 is 11.6 Å². The molecule has 0 unspecified atom stereocenters. The summed E-state index contributed by atoms with van der Waals surface area (Å²) in [5.41, 5.74) is 18.9. The van der Waals surface area contributed by atoms with E-state index in [1.54, 1.807) is 0 Å². The number of allylic oxidation sites excluding steroid dienone is 1. The van der Waals surface area contributed by atoms with Crippen LogP contribution in [0.15, 0.2) is 167 Å². The number of amidine groups is 1. The van der Waals surface area contributed by atoms with Crippen LogP contribution in [0, 0.1) is 0 Å². The molecule has 9 rings (SSSR count). The van der Waals surface area contributed by atoms with Crippen molar-refractivity contribution in [3.63, 3.8) is 0 Å². The van der Waals surface area contributed by atoms with Crippen molar-refractivity contribution >= 4 is 28.3 Å². The third-order valence-electron chi connectivity index (χ3n) is 9.32. The van der Waals surface area contributed by atoms with Gasteiger partial charge in [-0.2, -0.15) is 0 Å². The molecular weight excluding hydrogens is 568 g/mol. The summed E-state index contributed by atoms with van der Waals surface area (Å²) in [6.07, 6.45) is 1.91. The average Bonchev–Trinajstić information content (AvgIpc) is 3.47. The lowest BCUT2D eigenvalue weighted by Gasteiger charge is -2.30. The number of hydrogen-bond acceptors (Lipinski definition) is 2. The van der Waals surface area contributed by atoms with Crippen molar-refractivity contribution < 1.29 is 0 Å². The van der Waals surface area contributed by atoms with Crippen molar-refractivity contribution in [1.82, 2.24) is 0 Å². The molecule has 0 fully saturated rings. The Morgan fingerprint density at radius 1 is 0.444 bits per heavy atom. The van der Waals surface area contributed by atoms with Gasteiger partial charge < -0.3 is 0 Å². The molecule has 6 aromatic rings. The summed E-state index contributed by atoms with van der Waals surface area (Å²) < 4.78 is 0. The molecule has 0 atom stereocenters. The number of rotatable bonds is 3. The first-order valence-electron chi connectivity index (χ1n) is 15.1. The minimum Gasteiger partial charge on any atom is -0.217 e. The third-order valence-corrected chi connectivity index (χ3v) is 9.49. The van der Waals surface area contributed by atoms with E-state index in [0.29, 0.717) is 5.70 Å². The van der Waals surface area contributed by atoms with Crippen molar-refractivity contribution in [3.8, 4) is 33.4 Å². The smallest absolute Gasteiger partial charge is 0.217 e. The Morgan fingerprint density at radius 3 is 1.56 bits per heavy atom. The maximum Gasteiger partial charge on any atom is 0.224 e. The molecule has 2 aliphatic carbocycles. The summed E-state index contributed by atoms with van der Waals surface area (Å²) in [4.78, 5) is 9.39. The molecular formula is C42H25ClN2. The predicted molar refractivity (Wildman–Crippen MR) is 186 cm³/mol. The van der Waals surface area contributed by atoms with E-state index in [1.165, 1.54) is 50.1 Å². The molecule has 210 valence electrons. The molecule has 0 saturated carbocycles. The fourth-order valence-electron chi connectivity index (χ4n) is 7.42. The molecule has 1 spiro atoms. The standard InChI is InChI=1S/C42H25ClN2/c43-41-44-39(29-20-18-28(19-21-29)27-10-2-1-3-11-27)24-25-40(45-41)30-22-23-34-33-14-6-9-17-37(33)42(38(34)26-30)35-15-7-4-12-31(35)32-13-5-8-16-36(32)42/h1-23,25-26H. The summed E-state index contributed by atoms with van der Waals surface area (Å²) in [6, 6.07) is 51.8. The van der Waals surface area contributed by atoms with Gasteiger partial charge in [0.15, 0.2) is 0 Å². The third kappa shape index (κ3) is 3.84. The number of aliphatic imine (C=N–C) groups is 2. The van der Waals surface area contributed by atoms with Crippen LogP contribution in [0.1, 0.15) is 33.4 Å². The number of fused-ring (bicyclic) bond motifs is 10. The van der Waals surface area contributed by atoms with Gasteiger partial charge >= 0.3 is 0 Å². The zero-order valence-electron chi connectivity index (χ0n) is 24.2. The van der Waals surface area contributed by atoms with Gasteiger partial charge in [-0.3, -0.25) is 0 Å². The van der Waals surface area contributed by atoms with Gasteiger partial charge in [-0.25, -0.2) is 9.98 Å². The molecule has 0 aromatic heterocycles. The van der Waals surface area contributed by atoms with Gasteiger partial charge in [0.25, 0.3) is 0 Å². The quantitative estimate of drug-likeness (QED) is 0.144. The highest BCUT2D eigenvalue weighted by molar-refractivity contribution is 6.66. The highest BCUT2D eigenvalue weighted by Gasteiger charge is 2.51. The lowest BCUT2D eigenvalue weighted by molar-refractivity contribution is 0.793. The van der Waals surface area contributed by atoms with Crippen LogP contribution in [-0.4, -0.2) is 11.0 Å². The molecule has 1 heterocycles. The number of nitrogens with zero attached hydrogens (tertiary/aromatic N) is 2. The average molecular weight is 593 g/mol.